The van der Waals surface area contributed by atoms with Crippen molar-refractivity contribution in [1.29, 1.82) is 0 Å². The first-order valence-corrected chi connectivity index (χ1v) is 7.27. The van der Waals surface area contributed by atoms with E-state index in [0.717, 1.165) is 24.2 Å². The Hall–Kier alpha value is -1.10. The summed E-state index contributed by atoms with van der Waals surface area (Å²) in [6, 6.07) is 7.92. The normalized spacial score (nSPS) is 28.1. The molecule has 1 saturated heterocycles. The Labute approximate surface area is 121 Å². The van der Waals surface area contributed by atoms with Crippen LogP contribution in [0.5, 0.6) is 5.75 Å². The van der Waals surface area contributed by atoms with Crippen LogP contribution in [0.25, 0.3) is 0 Å². The van der Waals surface area contributed by atoms with Crippen molar-refractivity contribution in [2.24, 2.45) is 5.73 Å². The average molecular weight is 279 g/mol. The molecule has 0 radical (unpaired) electrons. The van der Waals surface area contributed by atoms with Crippen LogP contribution < -0.4 is 10.5 Å². The lowest BCUT2D eigenvalue weighted by Crippen LogP contribution is -2.35. The molecule has 0 spiro atoms. The zero-order chi connectivity index (χ0) is 14.5. The third-order valence-electron chi connectivity index (χ3n) is 3.69. The second-order valence-electron chi connectivity index (χ2n) is 5.49. The third kappa shape index (κ3) is 3.95. The van der Waals surface area contributed by atoms with Crippen LogP contribution in [0.15, 0.2) is 24.3 Å². The van der Waals surface area contributed by atoms with Gasteiger partial charge < -0.3 is 19.9 Å². The highest BCUT2D eigenvalue weighted by atomic mass is 16.5. The Morgan fingerprint density at radius 2 is 2.00 bits per heavy atom. The Balaban J connectivity index is 2.04. The minimum atomic E-state index is -0.0902. The van der Waals surface area contributed by atoms with E-state index < -0.39 is 0 Å². The van der Waals surface area contributed by atoms with E-state index in [1.54, 1.807) is 7.11 Å². The van der Waals surface area contributed by atoms with Crippen LogP contribution in [-0.2, 0) is 9.47 Å². The molecule has 1 aliphatic heterocycles. The Morgan fingerprint density at radius 3 is 2.60 bits per heavy atom. The largest absolute Gasteiger partial charge is 0.497 e. The first-order valence-electron chi connectivity index (χ1n) is 7.27. The van der Waals surface area contributed by atoms with E-state index in [1.165, 1.54) is 0 Å². The van der Waals surface area contributed by atoms with Crippen molar-refractivity contribution in [2.75, 3.05) is 13.7 Å². The monoisotopic (exact) mass is 279 g/mol. The number of rotatable bonds is 5. The van der Waals surface area contributed by atoms with Crippen LogP contribution in [0, 0.1) is 0 Å². The van der Waals surface area contributed by atoms with Gasteiger partial charge in [-0.25, -0.2) is 0 Å². The Morgan fingerprint density at radius 1 is 1.30 bits per heavy atom. The lowest BCUT2D eigenvalue weighted by atomic mass is 10.0. The zero-order valence-corrected chi connectivity index (χ0v) is 12.5. The molecule has 3 unspecified atom stereocenters. The van der Waals surface area contributed by atoms with Crippen LogP contribution in [0.3, 0.4) is 0 Å². The summed E-state index contributed by atoms with van der Waals surface area (Å²) < 4.78 is 17.2. The molecule has 1 heterocycles. The molecule has 1 aromatic rings. The van der Waals surface area contributed by atoms with Gasteiger partial charge in [0.15, 0.2) is 0 Å². The van der Waals surface area contributed by atoms with Crippen molar-refractivity contribution in [3.05, 3.63) is 29.8 Å². The average Bonchev–Trinajstić information content (AvgIpc) is 2.44. The van der Waals surface area contributed by atoms with E-state index in [-0.39, 0.29) is 24.4 Å². The van der Waals surface area contributed by atoms with Crippen molar-refractivity contribution in [1.82, 2.24) is 0 Å². The fraction of sp³-hybridized carbons (Fsp3) is 0.625. The maximum absolute atomic E-state index is 6.21. The number of methoxy groups -OCH3 is 1. The number of hydrogen-bond acceptors (Lipinski definition) is 4. The number of ether oxygens (including phenoxy) is 3. The third-order valence-corrected chi connectivity index (χ3v) is 3.69. The smallest absolute Gasteiger partial charge is 0.119 e. The van der Waals surface area contributed by atoms with Gasteiger partial charge in [0.2, 0.25) is 0 Å². The van der Waals surface area contributed by atoms with Crippen molar-refractivity contribution >= 4 is 0 Å². The summed E-state index contributed by atoms with van der Waals surface area (Å²) in [5.74, 6) is 0.832. The summed E-state index contributed by atoms with van der Waals surface area (Å²) >= 11 is 0. The molecule has 0 saturated carbocycles. The molecule has 20 heavy (non-hydrogen) atoms. The predicted octanol–water partition coefficient (Wildman–Crippen LogP) is 2.67. The van der Waals surface area contributed by atoms with Gasteiger partial charge in [-0.3, -0.25) is 0 Å². The fourth-order valence-corrected chi connectivity index (χ4v) is 2.80. The lowest BCUT2D eigenvalue weighted by molar-refractivity contribution is -0.120. The minimum Gasteiger partial charge on any atom is -0.497 e. The quantitative estimate of drug-likeness (QED) is 0.900. The highest BCUT2D eigenvalue weighted by Gasteiger charge is 2.27. The highest BCUT2D eigenvalue weighted by molar-refractivity contribution is 5.30. The zero-order valence-electron chi connectivity index (χ0n) is 12.5. The second kappa shape index (κ2) is 7.07. The van der Waals surface area contributed by atoms with E-state index >= 15 is 0 Å². The number of hydrogen-bond donors (Lipinski definition) is 1. The van der Waals surface area contributed by atoms with Crippen molar-refractivity contribution in [3.8, 4) is 5.75 Å². The van der Waals surface area contributed by atoms with E-state index in [2.05, 4.69) is 13.8 Å². The van der Waals surface area contributed by atoms with E-state index in [9.17, 15) is 0 Å². The van der Waals surface area contributed by atoms with Gasteiger partial charge in [0.25, 0.3) is 0 Å². The summed E-state index contributed by atoms with van der Waals surface area (Å²) in [6.07, 6.45) is 2.44. The SMILES string of the molecule is COc1cccc(C(CN)OC2CC(C)OC(C)C2)c1. The molecule has 0 aromatic heterocycles. The molecule has 1 aliphatic rings. The molecule has 4 heteroatoms. The summed E-state index contributed by atoms with van der Waals surface area (Å²) in [5.41, 5.74) is 6.95. The minimum absolute atomic E-state index is 0.0902. The maximum atomic E-state index is 6.21. The van der Waals surface area contributed by atoms with Gasteiger partial charge in [-0.15, -0.1) is 0 Å². The molecule has 1 fully saturated rings. The Kier molecular flexibility index (Phi) is 5.40. The topological polar surface area (TPSA) is 53.7 Å². The molecular weight excluding hydrogens is 254 g/mol. The standard InChI is InChI=1S/C16H25NO3/c1-11-7-15(8-12(2)19-11)20-16(10-17)13-5-4-6-14(9-13)18-3/h4-6,9,11-12,15-16H,7-8,10,17H2,1-3H3. The Bertz CT molecular complexity index is 414. The van der Waals surface area contributed by atoms with Gasteiger partial charge in [0, 0.05) is 6.54 Å². The van der Waals surface area contributed by atoms with Gasteiger partial charge in [-0.05, 0) is 44.4 Å². The van der Waals surface area contributed by atoms with E-state index in [4.69, 9.17) is 19.9 Å². The van der Waals surface area contributed by atoms with Crippen molar-refractivity contribution < 1.29 is 14.2 Å². The van der Waals surface area contributed by atoms with E-state index in [0.29, 0.717) is 6.54 Å². The van der Waals surface area contributed by atoms with E-state index in [1.807, 2.05) is 24.3 Å². The molecule has 0 amide bonds. The lowest BCUT2D eigenvalue weighted by Gasteiger charge is -2.34. The predicted molar refractivity (Wildman–Crippen MR) is 78.9 cm³/mol. The molecule has 2 rings (SSSR count). The van der Waals surface area contributed by atoms with Gasteiger partial charge >= 0.3 is 0 Å². The van der Waals surface area contributed by atoms with Crippen molar-refractivity contribution in [2.45, 2.75) is 51.1 Å². The molecule has 1 aromatic carbocycles. The van der Waals surface area contributed by atoms with Crippen LogP contribution in [0.4, 0.5) is 0 Å². The highest BCUT2D eigenvalue weighted by Crippen LogP contribution is 2.28. The molecule has 2 N–H and O–H groups in total. The summed E-state index contributed by atoms with van der Waals surface area (Å²) in [6.45, 7) is 4.65. The van der Waals surface area contributed by atoms with Crippen LogP contribution in [-0.4, -0.2) is 32.0 Å². The first-order chi connectivity index (χ1) is 9.62. The van der Waals surface area contributed by atoms with Gasteiger partial charge in [0.05, 0.1) is 31.5 Å². The molecule has 4 nitrogen and oxygen atoms in total. The molecule has 0 aliphatic carbocycles. The summed E-state index contributed by atoms with van der Waals surface area (Å²) in [5, 5.41) is 0. The second-order valence-corrected chi connectivity index (χ2v) is 5.49. The van der Waals surface area contributed by atoms with Gasteiger partial charge in [-0.1, -0.05) is 12.1 Å². The molecule has 0 bridgehead atoms. The fourth-order valence-electron chi connectivity index (χ4n) is 2.80. The van der Waals surface area contributed by atoms with Gasteiger partial charge in [0.1, 0.15) is 5.75 Å². The molecule has 3 atom stereocenters. The summed E-state index contributed by atoms with van der Waals surface area (Å²) in [4.78, 5) is 0. The van der Waals surface area contributed by atoms with Crippen LogP contribution in [0.1, 0.15) is 38.4 Å². The van der Waals surface area contributed by atoms with Crippen LogP contribution >= 0.6 is 0 Å². The molecular formula is C16H25NO3. The first kappa shape index (κ1) is 15.3. The number of nitrogens with two attached hydrogens (primary N) is 1. The molecule has 112 valence electrons. The van der Waals surface area contributed by atoms with Gasteiger partial charge in [-0.2, -0.15) is 0 Å². The van der Waals surface area contributed by atoms with Crippen LogP contribution in [0.2, 0.25) is 0 Å². The maximum Gasteiger partial charge on any atom is 0.119 e. The summed E-state index contributed by atoms with van der Waals surface area (Å²) in [7, 11) is 1.67. The van der Waals surface area contributed by atoms with Crippen molar-refractivity contribution in [3.63, 3.8) is 0 Å². The number of benzene rings is 1.